The molecule has 0 saturated heterocycles. The Morgan fingerprint density at radius 2 is 1.02 bits per heavy atom. The second-order valence-corrected chi connectivity index (χ2v) is 15.2. The molecule has 56 heavy (non-hydrogen) atoms. The van der Waals surface area contributed by atoms with Crippen LogP contribution >= 0.6 is 0 Å². The van der Waals surface area contributed by atoms with Gasteiger partial charge in [-0.25, -0.2) is 19.2 Å². The third kappa shape index (κ3) is 17.9. The van der Waals surface area contributed by atoms with E-state index in [2.05, 4.69) is 10.6 Å². The number of carbonyl (C=O) groups is 6. The van der Waals surface area contributed by atoms with Gasteiger partial charge in [-0.05, 0) is 80.4 Å². The summed E-state index contributed by atoms with van der Waals surface area (Å²) >= 11 is 0. The molecule has 0 radical (unpaired) electrons. The Morgan fingerprint density at radius 1 is 0.643 bits per heavy atom. The maximum absolute atomic E-state index is 13.0. The van der Waals surface area contributed by atoms with E-state index in [1.807, 2.05) is 60.7 Å². The quantitative estimate of drug-likeness (QED) is 0.147. The highest BCUT2D eigenvalue weighted by atomic mass is 16.6. The first-order valence-corrected chi connectivity index (χ1v) is 18.1. The Bertz CT molecular complexity index is 1580. The van der Waals surface area contributed by atoms with Crippen molar-refractivity contribution in [3.63, 3.8) is 0 Å². The molecule has 0 aromatic heterocycles. The monoisotopic (exact) mass is 788 g/mol. The average Bonchev–Trinajstić information content (AvgIpc) is 3.11. The summed E-state index contributed by atoms with van der Waals surface area (Å²) in [7, 11) is 2.84. The second-order valence-electron chi connectivity index (χ2n) is 15.2. The maximum atomic E-state index is 13.0. The summed E-state index contributed by atoms with van der Waals surface area (Å²) in [5.41, 5.74) is 0.345. The number of carboxylic acid groups (broad SMARTS) is 1. The number of benzene rings is 2. The molecule has 4 N–H and O–H groups in total. The molecule has 2 rings (SSSR count). The Kier molecular flexibility index (Phi) is 19.5. The zero-order chi connectivity index (χ0) is 43.0. The number of aliphatic hydroxyl groups excluding tert-OH is 1. The fourth-order valence-corrected chi connectivity index (χ4v) is 4.36. The SMILES string of the molecule is C[C@@H](O)[C@H](NC(=O)[C@H](C)N(C)C(=O)OC(C)(C)C)C(=O)O.C[C@@H](OCc1ccccc1)[C@H](NC(=O)[C@H](C)N(C)C(=O)OC(C)(C)C)C(=O)OCc1ccccc1. The Balaban J connectivity index is 0.000000640. The number of likely N-dealkylation sites (N-methyl/N-ethyl adjacent to an activating group) is 2. The lowest BCUT2D eigenvalue weighted by Crippen LogP contribution is -2.55. The van der Waals surface area contributed by atoms with Crippen molar-refractivity contribution in [1.82, 2.24) is 20.4 Å². The molecule has 0 unspecified atom stereocenters. The van der Waals surface area contributed by atoms with Gasteiger partial charge < -0.3 is 39.8 Å². The smallest absolute Gasteiger partial charge is 0.410 e. The minimum absolute atomic E-state index is 0.0603. The van der Waals surface area contributed by atoms with Gasteiger partial charge in [0, 0.05) is 14.1 Å². The Hall–Kier alpha value is -5.22. The van der Waals surface area contributed by atoms with Crippen molar-refractivity contribution in [2.75, 3.05) is 14.1 Å². The van der Waals surface area contributed by atoms with E-state index in [0.29, 0.717) is 0 Å². The van der Waals surface area contributed by atoms with E-state index in [4.69, 9.17) is 24.1 Å². The molecule has 16 nitrogen and oxygen atoms in total. The molecule has 0 saturated carbocycles. The third-order valence-electron chi connectivity index (χ3n) is 7.93. The maximum Gasteiger partial charge on any atom is 0.410 e. The van der Waals surface area contributed by atoms with Gasteiger partial charge in [0.1, 0.15) is 29.9 Å². The predicted molar refractivity (Wildman–Crippen MR) is 207 cm³/mol. The summed E-state index contributed by atoms with van der Waals surface area (Å²) in [5, 5.41) is 23.1. The van der Waals surface area contributed by atoms with Crippen molar-refractivity contribution in [3.8, 4) is 0 Å². The average molecular weight is 789 g/mol. The summed E-state index contributed by atoms with van der Waals surface area (Å²) in [6, 6.07) is 14.4. The standard InChI is InChI=1S/C27H36N2O6.C13H24N2O6/c1-19(29(6)26(32)35-27(3,4)5)24(30)28-23(20(2)33-17-21-13-9-7-10-14-21)25(31)34-18-22-15-11-8-12-16-22;1-7(15(6)12(20)21-13(3,4)5)10(17)14-9(8(2)16)11(18)19/h7-16,19-20,23H,17-18H2,1-6H3,(H,28,30);7-9,16H,1-6H3,(H,14,17)(H,18,19)/t19-,20+,23-;7-,8+,9-/m00/s1. The van der Waals surface area contributed by atoms with Gasteiger partial charge in [0.2, 0.25) is 11.8 Å². The highest BCUT2D eigenvalue weighted by Gasteiger charge is 2.34. The van der Waals surface area contributed by atoms with Crippen LogP contribution in [-0.2, 0) is 51.3 Å². The van der Waals surface area contributed by atoms with Crippen molar-refractivity contribution in [3.05, 3.63) is 71.8 Å². The van der Waals surface area contributed by atoms with Crippen LogP contribution < -0.4 is 10.6 Å². The van der Waals surface area contributed by atoms with Crippen LogP contribution in [0.15, 0.2) is 60.7 Å². The molecule has 0 bridgehead atoms. The zero-order valence-electron chi connectivity index (χ0n) is 34.5. The molecule has 16 heteroatoms. The third-order valence-corrected chi connectivity index (χ3v) is 7.93. The Labute approximate surface area is 329 Å². The lowest BCUT2D eigenvalue weighted by molar-refractivity contribution is -0.154. The molecular formula is C40H60N4O12. The largest absolute Gasteiger partial charge is 0.480 e. The molecule has 0 aliphatic carbocycles. The lowest BCUT2D eigenvalue weighted by atomic mass is 10.1. The molecule has 0 aliphatic rings. The van der Waals surface area contributed by atoms with E-state index in [9.17, 15) is 33.9 Å². The van der Waals surface area contributed by atoms with Crippen LogP contribution in [0.1, 0.15) is 80.4 Å². The van der Waals surface area contributed by atoms with Gasteiger partial charge in [-0.1, -0.05) is 60.7 Å². The van der Waals surface area contributed by atoms with Crippen molar-refractivity contribution in [2.24, 2.45) is 0 Å². The normalized spacial score (nSPS) is 14.4. The number of aliphatic carboxylic acids is 1. The van der Waals surface area contributed by atoms with E-state index in [1.165, 1.54) is 32.8 Å². The fourth-order valence-electron chi connectivity index (χ4n) is 4.36. The molecule has 0 aliphatic heterocycles. The number of rotatable bonds is 15. The zero-order valence-corrected chi connectivity index (χ0v) is 34.5. The van der Waals surface area contributed by atoms with Crippen LogP contribution in [0, 0.1) is 0 Å². The van der Waals surface area contributed by atoms with Crippen LogP contribution in [0.25, 0.3) is 0 Å². The molecular weight excluding hydrogens is 728 g/mol. The van der Waals surface area contributed by atoms with Gasteiger partial charge in [0.05, 0.1) is 18.8 Å². The van der Waals surface area contributed by atoms with Crippen LogP contribution in [0.4, 0.5) is 9.59 Å². The number of amides is 4. The second kappa shape index (κ2) is 22.4. The number of nitrogens with zero attached hydrogens (tertiary/aromatic N) is 2. The lowest BCUT2D eigenvalue weighted by Gasteiger charge is -2.30. The van der Waals surface area contributed by atoms with Crippen LogP contribution in [0.2, 0.25) is 0 Å². The van der Waals surface area contributed by atoms with E-state index in [-0.39, 0.29) is 13.2 Å². The number of carbonyl (C=O) groups excluding carboxylic acids is 5. The molecule has 2 aromatic carbocycles. The summed E-state index contributed by atoms with van der Waals surface area (Å²) in [5.74, 6) is -3.22. The first kappa shape index (κ1) is 48.8. The number of hydrogen-bond donors (Lipinski definition) is 4. The number of ether oxygens (including phenoxy) is 4. The van der Waals surface area contributed by atoms with Crippen LogP contribution in [0.5, 0.6) is 0 Å². The summed E-state index contributed by atoms with van der Waals surface area (Å²) in [4.78, 5) is 75.3. The number of nitrogens with one attached hydrogen (secondary N) is 2. The van der Waals surface area contributed by atoms with Gasteiger partial charge in [-0.15, -0.1) is 0 Å². The predicted octanol–water partition coefficient (Wildman–Crippen LogP) is 4.27. The fraction of sp³-hybridized carbons (Fsp3) is 0.550. The van der Waals surface area contributed by atoms with Crippen LogP contribution in [-0.4, -0.2) is 118 Å². The van der Waals surface area contributed by atoms with Crippen molar-refractivity contribution >= 4 is 35.9 Å². The number of carboxylic acids is 1. The number of hydrogen-bond acceptors (Lipinski definition) is 11. The summed E-state index contributed by atoms with van der Waals surface area (Å²) in [6.07, 6.45) is -3.29. The minimum Gasteiger partial charge on any atom is -0.480 e. The molecule has 2 aromatic rings. The van der Waals surface area contributed by atoms with E-state index in [1.54, 1.807) is 55.4 Å². The van der Waals surface area contributed by atoms with Gasteiger partial charge in [-0.2, -0.15) is 0 Å². The van der Waals surface area contributed by atoms with Gasteiger partial charge >= 0.3 is 24.1 Å². The Morgan fingerprint density at radius 3 is 1.38 bits per heavy atom. The highest BCUT2D eigenvalue weighted by Crippen LogP contribution is 2.14. The van der Waals surface area contributed by atoms with Gasteiger partial charge in [-0.3, -0.25) is 19.4 Å². The van der Waals surface area contributed by atoms with E-state index >= 15 is 0 Å². The number of aliphatic hydroxyl groups is 1. The van der Waals surface area contributed by atoms with Crippen molar-refractivity contribution in [2.45, 2.75) is 130 Å². The highest BCUT2D eigenvalue weighted by molar-refractivity contribution is 5.90. The molecule has 0 spiro atoms. The number of esters is 1. The van der Waals surface area contributed by atoms with E-state index < -0.39 is 83.5 Å². The van der Waals surface area contributed by atoms with Crippen LogP contribution in [0.3, 0.4) is 0 Å². The van der Waals surface area contributed by atoms with E-state index in [0.717, 1.165) is 16.0 Å². The van der Waals surface area contributed by atoms with Gasteiger partial charge in [0.15, 0.2) is 12.1 Å². The van der Waals surface area contributed by atoms with Gasteiger partial charge in [0.25, 0.3) is 0 Å². The molecule has 0 fully saturated rings. The molecule has 4 amide bonds. The molecule has 312 valence electrons. The van der Waals surface area contributed by atoms with Crippen molar-refractivity contribution < 1.29 is 57.9 Å². The molecule has 0 heterocycles. The summed E-state index contributed by atoms with van der Waals surface area (Å²) < 4.78 is 21.8. The first-order valence-electron chi connectivity index (χ1n) is 18.1. The first-order chi connectivity index (χ1) is 25.8. The van der Waals surface area contributed by atoms with Crippen molar-refractivity contribution in [1.29, 1.82) is 0 Å². The molecule has 6 atom stereocenters. The summed E-state index contributed by atoms with van der Waals surface area (Å²) in [6.45, 7) is 16.6. The topological polar surface area (TPSA) is 210 Å². The minimum atomic E-state index is -1.44.